The van der Waals surface area contributed by atoms with E-state index >= 15 is 0 Å². The lowest BCUT2D eigenvalue weighted by Gasteiger charge is -2.22. The van der Waals surface area contributed by atoms with Crippen LogP contribution in [0.25, 0.3) is 17.0 Å². The van der Waals surface area contributed by atoms with Gasteiger partial charge in [0, 0.05) is 43.7 Å². The normalized spacial score (nSPS) is 15.7. The van der Waals surface area contributed by atoms with Gasteiger partial charge < -0.3 is 4.90 Å². The van der Waals surface area contributed by atoms with Gasteiger partial charge in [-0.25, -0.2) is 4.39 Å². The third-order valence-electron chi connectivity index (χ3n) is 5.26. The van der Waals surface area contributed by atoms with E-state index in [1.807, 2.05) is 40.2 Å². The number of benzene rings is 1. The number of rotatable bonds is 4. The molecule has 3 aromatic heterocycles. The second kappa shape index (κ2) is 7.88. The largest absolute Gasteiger partial charge is 0.354 e. The Morgan fingerprint density at radius 2 is 1.83 bits per heavy atom. The van der Waals surface area contributed by atoms with Gasteiger partial charge in [-0.2, -0.15) is 15.9 Å². The summed E-state index contributed by atoms with van der Waals surface area (Å²) in [6.07, 6.45) is 1.06. The topological polar surface area (TPSA) is 49.6 Å². The van der Waals surface area contributed by atoms with Crippen molar-refractivity contribution in [2.45, 2.75) is 13.0 Å². The first-order valence-electron chi connectivity index (χ1n) is 9.73. The van der Waals surface area contributed by atoms with Gasteiger partial charge in [-0.3, -0.25) is 4.90 Å². The zero-order valence-electron chi connectivity index (χ0n) is 15.9. The average molecular weight is 409 g/mol. The van der Waals surface area contributed by atoms with Crippen LogP contribution in [0, 0.1) is 5.82 Å². The van der Waals surface area contributed by atoms with Gasteiger partial charge in [-0.15, -0.1) is 15.3 Å². The molecule has 0 aliphatic carbocycles. The molecule has 1 aliphatic rings. The van der Waals surface area contributed by atoms with Crippen LogP contribution in [-0.4, -0.2) is 50.9 Å². The van der Waals surface area contributed by atoms with E-state index in [-0.39, 0.29) is 5.82 Å². The van der Waals surface area contributed by atoms with Crippen molar-refractivity contribution in [1.82, 2.24) is 24.7 Å². The third-order valence-corrected chi connectivity index (χ3v) is 5.94. The number of thiophene rings is 1. The first-order valence-corrected chi connectivity index (χ1v) is 10.7. The lowest BCUT2D eigenvalue weighted by molar-refractivity contribution is 0.285. The minimum atomic E-state index is -0.187. The molecule has 5 rings (SSSR count). The first kappa shape index (κ1) is 18.2. The van der Waals surface area contributed by atoms with Gasteiger partial charge in [0.1, 0.15) is 11.6 Å². The molecule has 0 atom stereocenters. The molecule has 1 fully saturated rings. The summed E-state index contributed by atoms with van der Waals surface area (Å²) in [6.45, 7) is 4.65. The van der Waals surface area contributed by atoms with E-state index in [0.717, 1.165) is 67.6 Å². The van der Waals surface area contributed by atoms with E-state index in [4.69, 9.17) is 5.10 Å². The van der Waals surface area contributed by atoms with Crippen LogP contribution < -0.4 is 4.90 Å². The smallest absolute Gasteiger partial charge is 0.186 e. The Kier molecular flexibility index (Phi) is 4.95. The summed E-state index contributed by atoms with van der Waals surface area (Å²) in [7, 11) is 0. The SMILES string of the molecule is Fc1ccc(CN2CCCN(c3ccc4nnc(-c5ccsc5)n4n3)CC2)cc1. The van der Waals surface area contributed by atoms with E-state index < -0.39 is 0 Å². The average Bonchev–Trinajstić information content (AvgIpc) is 3.35. The summed E-state index contributed by atoms with van der Waals surface area (Å²) in [5.41, 5.74) is 2.93. The van der Waals surface area contributed by atoms with Crippen molar-refractivity contribution in [1.29, 1.82) is 0 Å². The molecule has 8 heteroatoms. The third kappa shape index (κ3) is 3.86. The van der Waals surface area contributed by atoms with Gasteiger partial charge in [0.15, 0.2) is 11.5 Å². The Bertz CT molecular complexity index is 1090. The lowest BCUT2D eigenvalue weighted by atomic mass is 10.2. The standard InChI is InChI=1S/C21H21FN6S/c22-18-4-2-16(3-5-18)14-26-9-1-10-27(12-11-26)20-7-6-19-23-24-21(28(19)25-20)17-8-13-29-15-17/h2-8,13,15H,1,9-12,14H2. The Balaban J connectivity index is 1.33. The van der Waals surface area contributed by atoms with Crippen LogP contribution in [0.15, 0.2) is 53.2 Å². The highest BCUT2D eigenvalue weighted by atomic mass is 32.1. The van der Waals surface area contributed by atoms with Crippen molar-refractivity contribution in [2.24, 2.45) is 0 Å². The molecular weight excluding hydrogens is 387 g/mol. The molecule has 0 N–H and O–H groups in total. The van der Waals surface area contributed by atoms with Gasteiger partial charge in [0.2, 0.25) is 0 Å². The maximum absolute atomic E-state index is 13.1. The van der Waals surface area contributed by atoms with Gasteiger partial charge in [-0.05, 0) is 47.7 Å². The maximum atomic E-state index is 13.1. The quantitative estimate of drug-likeness (QED) is 0.515. The van der Waals surface area contributed by atoms with Gasteiger partial charge in [0.25, 0.3) is 0 Å². The second-order valence-electron chi connectivity index (χ2n) is 7.24. The van der Waals surface area contributed by atoms with Gasteiger partial charge >= 0.3 is 0 Å². The van der Waals surface area contributed by atoms with E-state index in [1.165, 1.54) is 12.1 Å². The Morgan fingerprint density at radius 1 is 0.931 bits per heavy atom. The van der Waals surface area contributed by atoms with Crippen LogP contribution in [0.2, 0.25) is 0 Å². The van der Waals surface area contributed by atoms with Gasteiger partial charge in [-0.1, -0.05) is 12.1 Å². The molecular formula is C21H21FN6S. The van der Waals surface area contributed by atoms with Crippen molar-refractivity contribution in [3.05, 3.63) is 64.6 Å². The van der Waals surface area contributed by atoms with Crippen LogP contribution in [0.5, 0.6) is 0 Å². The van der Waals surface area contributed by atoms with Crippen molar-refractivity contribution >= 4 is 22.8 Å². The molecule has 6 nitrogen and oxygen atoms in total. The number of nitrogens with zero attached hydrogens (tertiary/aromatic N) is 6. The molecule has 0 radical (unpaired) electrons. The van der Waals surface area contributed by atoms with Crippen LogP contribution in [-0.2, 0) is 6.54 Å². The molecule has 1 saturated heterocycles. The van der Waals surface area contributed by atoms with E-state index in [1.54, 1.807) is 11.3 Å². The molecule has 29 heavy (non-hydrogen) atoms. The van der Waals surface area contributed by atoms with Crippen LogP contribution in [0.1, 0.15) is 12.0 Å². The summed E-state index contributed by atoms with van der Waals surface area (Å²) in [5, 5.41) is 17.5. The zero-order chi connectivity index (χ0) is 19.6. The lowest BCUT2D eigenvalue weighted by Crippen LogP contribution is -2.31. The molecule has 0 bridgehead atoms. The molecule has 0 unspecified atom stereocenters. The van der Waals surface area contributed by atoms with Crippen LogP contribution in [0.3, 0.4) is 0 Å². The van der Waals surface area contributed by atoms with Crippen molar-refractivity contribution in [2.75, 3.05) is 31.1 Å². The summed E-state index contributed by atoms with van der Waals surface area (Å²) < 4.78 is 15.0. The molecule has 4 heterocycles. The summed E-state index contributed by atoms with van der Waals surface area (Å²) >= 11 is 1.64. The zero-order valence-corrected chi connectivity index (χ0v) is 16.7. The highest BCUT2D eigenvalue weighted by Crippen LogP contribution is 2.22. The molecule has 0 spiro atoms. The molecule has 0 amide bonds. The van der Waals surface area contributed by atoms with E-state index in [2.05, 4.69) is 25.4 Å². The molecule has 1 aromatic carbocycles. The number of anilines is 1. The first-order chi connectivity index (χ1) is 14.3. The Hall–Kier alpha value is -2.84. The monoisotopic (exact) mass is 408 g/mol. The molecule has 0 saturated carbocycles. The Labute approximate surface area is 172 Å². The number of hydrogen-bond acceptors (Lipinski definition) is 6. The van der Waals surface area contributed by atoms with Crippen LogP contribution in [0.4, 0.5) is 10.2 Å². The number of halogens is 1. The Morgan fingerprint density at radius 3 is 2.66 bits per heavy atom. The van der Waals surface area contributed by atoms with Gasteiger partial charge in [0.05, 0.1) is 0 Å². The number of hydrogen-bond donors (Lipinski definition) is 0. The van der Waals surface area contributed by atoms with E-state index in [9.17, 15) is 4.39 Å². The predicted molar refractivity (Wildman–Crippen MR) is 113 cm³/mol. The molecule has 148 valence electrons. The van der Waals surface area contributed by atoms with E-state index in [0.29, 0.717) is 0 Å². The fourth-order valence-electron chi connectivity index (χ4n) is 3.73. The highest BCUT2D eigenvalue weighted by Gasteiger charge is 2.18. The summed E-state index contributed by atoms with van der Waals surface area (Å²) in [4.78, 5) is 4.74. The maximum Gasteiger partial charge on any atom is 0.186 e. The molecule has 1 aliphatic heterocycles. The number of aromatic nitrogens is 4. The summed E-state index contributed by atoms with van der Waals surface area (Å²) in [6, 6.07) is 12.8. The predicted octanol–water partition coefficient (Wildman–Crippen LogP) is 3.70. The fraction of sp³-hybridized carbons (Fsp3) is 0.286. The van der Waals surface area contributed by atoms with Crippen molar-refractivity contribution < 1.29 is 4.39 Å². The van der Waals surface area contributed by atoms with Crippen molar-refractivity contribution in [3.8, 4) is 11.4 Å². The fourth-order valence-corrected chi connectivity index (χ4v) is 4.36. The number of fused-ring (bicyclic) bond motifs is 1. The minimum Gasteiger partial charge on any atom is -0.354 e. The van der Waals surface area contributed by atoms with Crippen molar-refractivity contribution in [3.63, 3.8) is 0 Å². The minimum absolute atomic E-state index is 0.187. The second-order valence-corrected chi connectivity index (χ2v) is 8.02. The summed E-state index contributed by atoms with van der Waals surface area (Å²) in [5.74, 6) is 1.53. The van der Waals surface area contributed by atoms with Crippen LogP contribution >= 0.6 is 11.3 Å². The highest BCUT2D eigenvalue weighted by molar-refractivity contribution is 7.08. The molecule has 4 aromatic rings.